The fourth-order valence-electron chi connectivity index (χ4n) is 3.10. The molecule has 1 aromatic rings. The van der Waals surface area contributed by atoms with Gasteiger partial charge in [0, 0.05) is 37.5 Å². The molecule has 1 fully saturated rings. The molecule has 0 aromatic carbocycles. The largest absolute Gasteiger partial charge is 0.383 e. The molecular weight excluding hydrogens is 475 g/mol. The highest BCUT2D eigenvalue weighted by Gasteiger charge is 2.24. The molecule has 2 heterocycles. The zero-order chi connectivity index (χ0) is 19.0. The molecule has 1 aliphatic rings. The van der Waals surface area contributed by atoms with E-state index >= 15 is 0 Å². The molecule has 2 atom stereocenters. The molecule has 154 valence electrons. The first-order valence-corrected chi connectivity index (χ1v) is 10.4. The Morgan fingerprint density at radius 3 is 2.89 bits per heavy atom. The Morgan fingerprint density at radius 1 is 1.48 bits per heavy atom. The monoisotopic (exact) mass is 508 g/mol. The molecule has 1 saturated heterocycles. The molecule has 1 amide bonds. The van der Waals surface area contributed by atoms with E-state index in [1.165, 1.54) is 17.8 Å². The Hall–Kier alpha value is -0.870. The van der Waals surface area contributed by atoms with Crippen molar-refractivity contribution in [3.8, 4) is 0 Å². The molecule has 0 aliphatic carbocycles. The number of nitrogens with zero attached hydrogens (tertiary/aromatic N) is 2. The van der Waals surface area contributed by atoms with Crippen LogP contribution >= 0.6 is 35.3 Å². The van der Waals surface area contributed by atoms with Gasteiger partial charge in [-0.3, -0.25) is 4.79 Å². The predicted octanol–water partition coefficient (Wildman–Crippen LogP) is 2.78. The van der Waals surface area contributed by atoms with Crippen LogP contribution in [0.3, 0.4) is 0 Å². The molecule has 6 nitrogen and oxygen atoms in total. The van der Waals surface area contributed by atoms with E-state index in [4.69, 9.17) is 0 Å². The standard InChI is InChI=1S/C19H32N4O2S.HI/c1-4-20-18(22-14-19(3,25)16-8-6-12-26-16)21-10-9-17(24)23-11-5-7-15(2)13-23;/h6,8,12,15,25H,4-5,7,9-11,13-14H2,1-3H3,(H2,20,21,22);1H. The molecule has 27 heavy (non-hydrogen) atoms. The minimum atomic E-state index is -0.990. The van der Waals surface area contributed by atoms with E-state index in [9.17, 15) is 9.90 Å². The van der Waals surface area contributed by atoms with Crippen molar-refractivity contribution in [2.75, 3.05) is 32.7 Å². The maximum Gasteiger partial charge on any atom is 0.224 e. The van der Waals surface area contributed by atoms with Crippen LogP contribution in [-0.4, -0.2) is 54.6 Å². The number of amides is 1. The van der Waals surface area contributed by atoms with Crippen molar-refractivity contribution in [2.45, 2.75) is 45.6 Å². The number of carbonyl (C=O) groups is 1. The summed E-state index contributed by atoms with van der Waals surface area (Å²) in [7, 11) is 0. The molecule has 0 radical (unpaired) electrons. The second kappa shape index (κ2) is 11.9. The summed E-state index contributed by atoms with van der Waals surface area (Å²) in [5.74, 6) is 1.42. The average molecular weight is 508 g/mol. The Bertz CT molecular complexity index is 593. The number of nitrogens with one attached hydrogen (secondary N) is 2. The molecular formula is C19H33IN4O2S. The van der Waals surface area contributed by atoms with Gasteiger partial charge in [0.25, 0.3) is 0 Å². The summed E-state index contributed by atoms with van der Waals surface area (Å²) in [5.41, 5.74) is -0.990. The molecule has 0 bridgehead atoms. The number of guanidine groups is 1. The zero-order valence-corrected chi connectivity index (χ0v) is 19.7. The first kappa shape index (κ1) is 24.2. The van der Waals surface area contributed by atoms with E-state index in [0.29, 0.717) is 24.8 Å². The van der Waals surface area contributed by atoms with Gasteiger partial charge in [0.15, 0.2) is 5.96 Å². The lowest BCUT2D eigenvalue weighted by Gasteiger charge is -2.31. The Balaban J connectivity index is 0.00000364. The van der Waals surface area contributed by atoms with Crippen molar-refractivity contribution in [3.05, 3.63) is 22.4 Å². The highest BCUT2D eigenvalue weighted by molar-refractivity contribution is 14.0. The summed E-state index contributed by atoms with van der Waals surface area (Å²) in [6.45, 7) is 9.24. The van der Waals surface area contributed by atoms with Gasteiger partial charge in [0.1, 0.15) is 5.60 Å². The van der Waals surface area contributed by atoms with Gasteiger partial charge in [-0.2, -0.15) is 0 Å². The van der Waals surface area contributed by atoms with Crippen LogP contribution in [0.5, 0.6) is 0 Å². The van der Waals surface area contributed by atoms with E-state index in [0.717, 1.165) is 30.9 Å². The lowest BCUT2D eigenvalue weighted by molar-refractivity contribution is -0.132. The van der Waals surface area contributed by atoms with Crippen LogP contribution < -0.4 is 10.6 Å². The van der Waals surface area contributed by atoms with Crippen LogP contribution in [0, 0.1) is 5.92 Å². The minimum absolute atomic E-state index is 0. The second-order valence-electron chi connectivity index (χ2n) is 7.21. The Labute approximate surface area is 183 Å². The van der Waals surface area contributed by atoms with Crippen molar-refractivity contribution >= 4 is 47.2 Å². The first-order chi connectivity index (χ1) is 12.4. The number of halogens is 1. The van der Waals surface area contributed by atoms with E-state index in [1.807, 2.05) is 29.3 Å². The van der Waals surface area contributed by atoms with Gasteiger partial charge in [-0.1, -0.05) is 13.0 Å². The maximum atomic E-state index is 12.3. The van der Waals surface area contributed by atoms with Gasteiger partial charge in [-0.05, 0) is 44.1 Å². The summed E-state index contributed by atoms with van der Waals surface area (Å²) in [5, 5.41) is 18.9. The van der Waals surface area contributed by atoms with Gasteiger partial charge < -0.3 is 20.6 Å². The number of hydrogen-bond donors (Lipinski definition) is 3. The molecule has 1 aromatic heterocycles. The number of likely N-dealkylation sites (tertiary alicyclic amines) is 1. The minimum Gasteiger partial charge on any atom is -0.383 e. The molecule has 0 spiro atoms. The third-order valence-corrected chi connectivity index (χ3v) is 5.71. The maximum absolute atomic E-state index is 12.3. The van der Waals surface area contributed by atoms with Crippen molar-refractivity contribution in [1.82, 2.24) is 15.5 Å². The van der Waals surface area contributed by atoms with Crippen molar-refractivity contribution in [1.29, 1.82) is 0 Å². The highest BCUT2D eigenvalue weighted by atomic mass is 127. The van der Waals surface area contributed by atoms with Gasteiger partial charge in [0.05, 0.1) is 6.54 Å². The fourth-order valence-corrected chi connectivity index (χ4v) is 3.88. The zero-order valence-electron chi connectivity index (χ0n) is 16.5. The number of hydrogen-bond acceptors (Lipinski definition) is 4. The number of aliphatic hydroxyl groups is 1. The van der Waals surface area contributed by atoms with Gasteiger partial charge in [-0.15, -0.1) is 35.3 Å². The third-order valence-electron chi connectivity index (χ3n) is 4.58. The van der Waals surface area contributed by atoms with E-state index < -0.39 is 5.60 Å². The molecule has 0 saturated carbocycles. The van der Waals surface area contributed by atoms with Crippen LogP contribution in [-0.2, 0) is 10.4 Å². The summed E-state index contributed by atoms with van der Waals surface area (Å²) in [6, 6.07) is 3.84. The predicted molar refractivity (Wildman–Crippen MR) is 123 cm³/mol. The average Bonchev–Trinajstić information content (AvgIpc) is 3.15. The smallest absolute Gasteiger partial charge is 0.224 e. The van der Waals surface area contributed by atoms with Crippen LogP contribution in [0.4, 0.5) is 0 Å². The summed E-state index contributed by atoms with van der Waals surface area (Å²) >= 11 is 1.52. The first-order valence-electron chi connectivity index (χ1n) is 9.48. The SMILES string of the molecule is CCNC(=NCC(C)(O)c1cccs1)NCCC(=O)N1CCCC(C)C1.I. The normalized spacial score (nSPS) is 19.8. The number of piperidine rings is 1. The van der Waals surface area contributed by atoms with Gasteiger partial charge in [0.2, 0.25) is 5.91 Å². The topological polar surface area (TPSA) is 77.0 Å². The third kappa shape index (κ3) is 7.95. The summed E-state index contributed by atoms with van der Waals surface area (Å²) in [4.78, 5) is 19.7. The summed E-state index contributed by atoms with van der Waals surface area (Å²) in [6.07, 6.45) is 2.77. The lowest BCUT2D eigenvalue weighted by atomic mass is 10.00. The summed E-state index contributed by atoms with van der Waals surface area (Å²) < 4.78 is 0. The highest BCUT2D eigenvalue weighted by Crippen LogP contribution is 2.25. The van der Waals surface area contributed by atoms with Gasteiger partial charge in [-0.25, -0.2) is 4.99 Å². The van der Waals surface area contributed by atoms with Crippen LogP contribution in [0.25, 0.3) is 0 Å². The quantitative estimate of drug-likeness (QED) is 0.301. The van der Waals surface area contributed by atoms with Crippen LogP contribution in [0.15, 0.2) is 22.5 Å². The van der Waals surface area contributed by atoms with Crippen LogP contribution in [0.2, 0.25) is 0 Å². The van der Waals surface area contributed by atoms with Crippen molar-refractivity contribution < 1.29 is 9.90 Å². The molecule has 3 N–H and O–H groups in total. The Morgan fingerprint density at radius 2 is 2.26 bits per heavy atom. The number of rotatable bonds is 7. The van der Waals surface area contributed by atoms with E-state index in [2.05, 4.69) is 22.5 Å². The second-order valence-corrected chi connectivity index (χ2v) is 8.16. The lowest BCUT2D eigenvalue weighted by Crippen LogP contribution is -2.43. The van der Waals surface area contributed by atoms with Crippen molar-refractivity contribution in [3.63, 3.8) is 0 Å². The molecule has 1 aliphatic heterocycles. The number of carbonyl (C=O) groups excluding carboxylic acids is 1. The molecule has 8 heteroatoms. The number of thiophene rings is 1. The molecule has 2 rings (SSSR count). The van der Waals surface area contributed by atoms with Crippen molar-refractivity contribution in [2.24, 2.45) is 10.9 Å². The molecule has 2 unspecified atom stereocenters. The van der Waals surface area contributed by atoms with E-state index in [1.54, 1.807) is 6.92 Å². The fraction of sp³-hybridized carbons (Fsp3) is 0.684. The Kier molecular flexibility index (Phi) is 10.6. The van der Waals surface area contributed by atoms with Gasteiger partial charge >= 0.3 is 0 Å². The van der Waals surface area contributed by atoms with E-state index in [-0.39, 0.29) is 36.4 Å². The number of aliphatic imine (C=N–C) groups is 1. The van der Waals surface area contributed by atoms with Crippen LogP contribution in [0.1, 0.15) is 44.9 Å².